The highest BCUT2D eigenvalue weighted by Crippen LogP contribution is 2.31. The minimum Gasteiger partial charge on any atom is -0.457 e. The molecular weight excluding hydrogens is 532 g/mol. The summed E-state index contributed by atoms with van der Waals surface area (Å²) < 4.78 is 29.6. The number of nitrogens with one attached hydrogen (secondary N) is 2. The predicted octanol–water partition coefficient (Wildman–Crippen LogP) is 6.10. The van der Waals surface area contributed by atoms with Crippen LogP contribution in [0.3, 0.4) is 0 Å². The Morgan fingerprint density at radius 2 is 1.79 bits per heavy atom. The highest BCUT2D eigenvalue weighted by atomic mass is 32.2. The fourth-order valence-electron chi connectivity index (χ4n) is 3.79. The number of sulfone groups is 1. The van der Waals surface area contributed by atoms with Crippen molar-refractivity contribution in [2.45, 2.75) is 39.1 Å². The Labute approximate surface area is 233 Å². The van der Waals surface area contributed by atoms with E-state index < -0.39 is 9.84 Å². The van der Waals surface area contributed by atoms with Crippen molar-refractivity contribution < 1.29 is 17.9 Å². The van der Waals surface area contributed by atoms with Crippen LogP contribution in [0.15, 0.2) is 71.1 Å². The first-order chi connectivity index (χ1) is 18.4. The number of anilines is 1. The van der Waals surface area contributed by atoms with Gasteiger partial charge in [0.2, 0.25) is 0 Å². The molecule has 2 aromatic heterocycles. The molecule has 10 heteroatoms. The molecule has 4 aromatic rings. The van der Waals surface area contributed by atoms with Crippen LogP contribution in [-0.4, -0.2) is 37.1 Å². The number of nitrogens with zero attached hydrogens (tertiary/aromatic N) is 2. The summed E-state index contributed by atoms with van der Waals surface area (Å²) in [5, 5.41) is 8.71. The topological polar surface area (TPSA) is 110 Å². The van der Waals surface area contributed by atoms with Crippen LogP contribution in [0, 0.1) is 12.3 Å². The lowest BCUT2D eigenvalue weighted by Crippen LogP contribution is -2.26. The molecule has 0 unspecified atom stereocenters. The van der Waals surface area contributed by atoms with Gasteiger partial charge in [-0.3, -0.25) is 15.1 Å². The average Bonchev–Trinajstić information content (AvgIpc) is 3.30. The fourth-order valence-corrected chi connectivity index (χ4v) is 5.12. The second-order valence-electron chi connectivity index (χ2n) is 10.5. The van der Waals surface area contributed by atoms with E-state index >= 15 is 0 Å². The van der Waals surface area contributed by atoms with E-state index in [1.54, 1.807) is 36.5 Å². The van der Waals surface area contributed by atoms with Crippen molar-refractivity contribution in [1.82, 2.24) is 15.3 Å². The van der Waals surface area contributed by atoms with Crippen molar-refractivity contribution in [3.05, 3.63) is 83.0 Å². The van der Waals surface area contributed by atoms with Gasteiger partial charge in [-0.05, 0) is 66.4 Å². The molecule has 0 aliphatic heterocycles. The largest absolute Gasteiger partial charge is 0.457 e. The van der Waals surface area contributed by atoms with E-state index in [0.29, 0.717) is 28.7 Å². The lowest BCUT2D eigenvalue weighted by Gasteiger charge is -2.18. The van der Waals surface area contributed by atoms with Crippen LogP contribution in [0.1, 0.15) is 42.4 Å². The van der Waals surface area contributed by atoms with E-state index in [4.69, 9.17) is 4.74 Å². The Bertz CT molecular complexity index is 1570. The molecular formula is C29H32N4O4S2. The lowest BCUT2D eigenvalue weighted by molar-refractivity contribution is 0.102. The summed E-state index contributed by atoms with van der Waals surface area (Å²) in [6.45, 7) is 9.91. The average molecular weight is 565 g/mol. The first-order valence-electron chi connectivity index (χ1n) is 12.4. The van der Waals surface area contributed by atoms with Gasteiger partial charge in [-0.2, -0.15) is 0 Å². The van der Waals surface area contributed by atoms with Gasteiger partial charge >= 0.3 is 0 Å². The third-order valence-corrected chi connectivity index (χ3v) is 7.61. The Hall–Kier alpha value is -3.60. The highest BCUT2D eigenvalue weighted by molar-refractivity contribution is 7.90. The molecule has 0 atom stereocenters. The van der Waals surface area contributed by atoms with E-state index in [1.807, 2.05) is 24.4 Å². The number of aryl methyl sites for hydroxylation is 1. The first kappa shape index (κ1) is 28.4. The Morgan fingerprint density at radius 1 is 1.05 bits per heavy atom. The van der Waals surface area contributed by atoms with E-state index in [-0.39, 0.29) is 16.2 Å². The fraction of sp³-hybridized carbons (Fsp3) is 0.276. The Balaban J connectivity index is 1.58. The van der Waals surface area contributed by atoms with Gasteiger partial charge in [-0.1, -0.05) is 26.8 Å². The molecule has 4 rings (SSSR count). The van der Waals surface area contributed by atoms with Crippen LogP contribution >= 0.6 is 11.3 Å². The van der Waals surface area contributed by atoms with Crippen LogP contribution in [0.4, 0.5) is 5.13 Å². The number of carbonyl (C=O) groups is 1. The molecule has 0 saturated heterocycles. The van der Waals surface area contributed by atoms with Crippen LogP contribution in [0.2, 0.25) is 0 Å². The second kappa shape index (κ2) is 11.6. The number of benzene rings is 2. The molecule has 0 aliphatic carbocycles. The van der Waals surface area contributed by atoms with E-state index in [1.165, 1.54) is 23.5 Å². The van der Waals surface area contributed by atoms with Crippen LogP contribution in [0.5, 0.6) is 11.5 Å². The van der Waals surface area contributed by atoms with Gasteiger partial charge in [-0.25, -0.2) is 13.4 Å². The summed E-state index contributed by atoms with van der Waals surface area (Å²) in [5.74, 6) is 0.531. The molecule has 2 N–H and O–H groups in total. The van der Waals surface area contributed by atoms with Gasteiger partial charge in [0.15, 0.2) is 15.0 Å². The van der Waals surface area contributed by atoms with Gasteiger partial charge in [0.1, 0.15) is 11.5 Å². The van der Waals surface area contributed by atoms with Gasteiger partial charge in [0, 0.05) is 42.0 Å². The van der Waals surface area contributed by atoms with Crippen molar-refractivity contribution in [1.29, 1.82) is 0 Å². The van der Waals surface area contributed by atoms with Crippen LogP contribution < -0.4 is 15.4 Å². The third-order valence-electron chi connectivity index (χ3n) is 5.67. The molecule has 0 spiro atoms. The van der Waals surface area contributed by atoms with Crippen LogP contribution in [0.25, 0.3) is 11.3 Å². The van der Waals surface area contributed by atoms with Crippen molar-refractivity contribution in [3.8, 4) is 22.8 Å². The van der Waals surface area contributed by atoms with Crippen molar-refractivity contribution >= 4 is 32.2 Å². The Morgan fingerprint density at radius 3 is 2.46 bits per heavy atom. The van der Waals surface area contributed by atoms with E-state index in [2.05, 4.69) is 41.4 Å². The second-order valence-corrected chi connectivity index (χ2v) is 13.4. The smallest absolute Gasteiger partial charge is 0.257 e. The number of carbonyl (C=O) groups excluding carboxylic acids is 1. The quantitative estimate of drug-likeness (QED) is 0.253. The maximum Gasteiger partial charge on any atom is 0.257 e. The van der Waals surface area contributed by atoms with Crippen molar-refractivity contribution in [2.75, 3.05) is 18.1 Å². The molecule has 204 valence electrons. The molecule has 0 radical (unpaired) electrons. The molecule has 0 bridgehead atoms. The SMILES string of the molecule is Cc1cccnc1-c1cc(Oc2ccc(S(C)(=O)=O)cc2)cc(C(=O)Nc2nc(CNCC(C)(C)C)cs2)c1. The molecule has 2 aromatic carbocycles. The van der Waals surface area contributed by atoms with Crippen molar-refractivity contribution in [2.24, 2.45) is 5.41 Å². The number of hydrogen-bond donors (Lipinski definition) is 2. The summed E-state index contributed by atoms with van der Waals surface area (Å²) in [5.41, 5.74) is 3.80. The highest BCUT2D eigenvalue weighted by Gasteiger charge is 2.16. The molecule has 0 saturated carbocycles. The summed E-state index contributed by atoms with van der Waals surface area (Å²) in [7, 11) is -3.32. The zero-order chi connectivity index (χ0) is 28.2. The molecule has 1 amide bonds. The van der Waals surface area contributed by atoms with Gasteiger partial charge in [0.05, 0.1) is 16.3 Å². The summed E-state index contributed by atoms with van der Waals surface area (Å²) in [6, 6.07) is 15.2. The van der Waals surface area contributed by atoms with Crippen molar-refractivity contribution in [3.63, 3.8) is 0 Å². The zero-order valence-electron chi connectivity index (χ0n) is 22.6. The van der Waals surface area contributed by atoms with E-state index in [9.17, 15) is 13.2 Å². The van der Waals surface area contributed by atoms with Gasteiger partial charge in [0.25, 0.3) is 5.91 Å². The zero-order valence-corrected chi connectivity index (χ0v) is 24.2. The summed E-state index contributed by atoms with van der Waals surface area (Å²) >= 11 is 1.37. The maximum atomic E-state index is 13.3. The summed E-state index contributed by atoms with van der Waals surface area (Å²) in [4.78, 5) is 22.5. The first-order valence-corrected chi connectivity index (χ1v) is 15.2. The minimum atomic E-state index is -3.32. The van der Waals surface area contributed by atoms with Crippen LogP contribution in [-0.2, 0) is 16.4 Å². The standard InChI is InChI=1S/C29H32N4O4S2/c1-19-7-6-12-31-26(19)20-13-21(15-24(14-20)37-23-8-10-25(11-9-23)39(5,35)36)27(34)33-28-32-22(17-38-28)16-30-18-29(2,3)4/h6-15,17,30H,16,18H2,1-5H3,(H,32,33,34). The van der Waals surface area contributed by atoms with Gasteiger partial charge in [-0.15, -0.1) is 11.3 Å². The van der Waals surface area contributed by atoms with Gasteiger partial charge < -0.3 is 10.1 Å². The predicted molar refractivity (Wildman–Crippen MR) is 155 cm³/mol. The molecule has 8 nitrogen and oxygen atoms in total. The normalized spacial score (nSPS) is 11.8. The number of aromatic nitrogens is 2. The number of hydrogen-bond acceptors (Lipinski definition) is 8. The molecule has 39 heavy (non-hydrogen) atoms. The number of amides is 1. The van der Waals surface area contributed by atoms with E-state index in [0.717, 1.165) is 35.3 Å². The number of thiazole rings is 1. The Kier molecular flexibility index (Phi) is 8.48. The maximum absolute atomic E-state index is 13.3. The number of rotatable bonds is 9. The molecule has 0 aliphatic rings. The monoisotopic (exact) mass is 564 g/mol. The summed E-state index contributed by atoms with van der Waals surface area (Å²) in [6.07, 6.45) is 2.85. The number of ether oxygens (including phenoxy) is 1. The number of pyridine rings is 1. The third kappa shape index (κ3) is 7.95. The molecule has 2 heterocycles. The minimum absolute atomic E-state index is 0.166. The lowest BCUT2D eigenvalue weighted by atomic mass is 9.97. The molecule has 0 fully saturated rings.